The average molecular weight is 395 g/mol. The van der Waals surface area contributed by atoms with Gasteiger partial charge in [0.05, 0.1) is 30.8 Å². The summed E-state index contributed by atoms with van der Waals surface area (Å²) in [5, 5.41) is 0.147. The molecule has 3 nitrogen and oxygen atoms in total. The minimum absolute atomic E-state index is 0.0135. The lowest BCUT2D eigenvalue weighted by molar-refractivity contribution is 0.630. The van der Waals surface area contributed by atoms with Crippen molar-refractivity contribution < 1.29 is 0 Å². The Hall–Kier alpha value is -0.0300. The van der Waals surface area contributed by atoms with Gasteiger partial charge < -0.3 is 0 Å². The van der Waals surface area contributed by atoms with E-state index in [1.165, 1.54) is 9.36 Å². The number of aromatic nitrogens is 2. The Labute approximate surface area is 144 Å². The Morgan fingerprint density at radius 1 is 0.750 bits per heavy atom. The van der Waals surface area contributed by atoms with Crippen LogP contribution in [0, 0.1) is 6.92 Å². The quantitative estimate of drug-likeness (QED) is 0.469. The van der Waals surface area contributed by atoms with Crippen molar-refractivity contribution >= 4 is 69.6 Å². The van der Waals surface area contributed by atoms with Crippen LogP contribution in [-0.2, 0) is 7.05 Å². The predicted octanol–water partition coefficient (Wildman–Crippen LogP) is 5.40. The zero-order chi connectivity index (χ0) is 15.4. The highest BCUT2D eigenvalue weighted by molar-refractivity contribution is 6.56. The van der Waals surface area contributed by atoms with E-state index in [4.69, 9.17) is 69.6 Å². The van der Waals surface area contributed by atoms with Crippen LogP contribution in [0.1, 0.15) is 5.69 Å². The summed E-state index contributed by atoms with van der Waals surface area (Å²) < 4.78 is 2.69. The summed E-state index contributed by atoms with van der Waals surface area (Å²) in [5.74, 6) is 0. The molecule has 0 spiro atoms. The van der Waals surface area contributed by atoms with Crippen LogP contribution in [0.5, 0.6) is 0 Å². The Morgan fingerprint density at radius 2 is 1.15 bits per heavy atom. The smallest absolute Gasteiger partial charge is 0.284 e. The Morgan fingerprint density at radius 3 is 1.50 bits per heavy atom. The number of halogens is 6. The number of benzene rings is 1. The Balaban J connectivity index is 2.99. The summed E-state index contributed by atoms with van der Waals surface area (Å²) in [6.45, 7) is 1.68. The molecule has 0 aliphatic rings. The van der Waals surface area contributed by atoms with Gasteiger partial charge in [0.25, 0.3) is 5.56 Å². The van der Waals surface area contributed by atoms with E-state index in [1.54, 1.807) is 14.0 Å². The van der Waals surface area contributed by atoms with Gasteiger partial charge in [0.2, 0.25) is 0 Å². The molecule has 0 aliphatic heterocycles. The van der Waals surface area contributed by atoms with Crippen molar-refractivity contribution in [2.45, 2.75) is 6.92 Å². The maximum absolute atomic E-state index is 12.2. The van der Waals surface area contributed by atoms with Crippen molar-refractivity contribution in [3.63, 3.8) is 0 Å². The molecule has 0 atom stereocenters. The fraction of sp³-hybridized carbons (Fsp3) is 0.182. The van der Waals surface area contributed by atoms with E-state index >= 15 is 0 Å². The molecule has 2 aromatic rings. The summed E-state index contributed by atoms with van der Waals surface area (Å²) in [5.41, 5.74) is 0.200. The van der Waals surface area contributed by atoms with Gasteiger partial charge in [0, 0.05) is 7.05 Å². The second kappa shape index (κ2) is 5.64. The van der Waals surface area contributed by atoms with Gasteiger partial charge in [0.15, 0.2) is 0 Å². The SMILES string of the molecule is Cc1c(Cl)c(=O)n(-c2c(Cl)c(Cl)c(Cl)c(Cl)c2Cl)n1C. The van der Waals surface area contributed by atoms with Gasteiger partial charge in [-0.1, -0.05) is 69.6 Å². The minimum atomic E-state index is -0.482. The van der Waals surface area contributed by atoms with Crippen LogP contribution < -0.4 is 5.56 Å². The van der Waals surface area contributed by atoms with E-state index < -0.39 is 5.56 Å². The van der Waals surface area contributed by atoms with E-state index in [-0.39, 0.29) is 35.8 Å². The Kier molecular flexibility index (Phi) is 4.60. The van der Waals surface area contributed by atoms with Crippen LogP contribution in [0.3, 0.4) is 0 Å². The molecule has 0 radical (unpaired) electrons. The van der Waals surface area contributed by atoms with E-state index in [0.29, 0.717) is 5.69 Å². The van der Waals surface area contributed by atoms with E-state index in [9.17, 15) is 4.79 Å². The lowest BCUT2D eigenvalue weighted by atomic mass is 10.3. The zero-order valence-electron chi connectivity index (χ0n) is 10.1. The standard InChI is InChI=1S/C11H6Cl6N2O/c1-3-4(12)11(20)19(18(3)2)10-8(16)6(14)5(13)7(15)9(10)17/h1-2H3. The first-order valence-corrected chi connectivity index (χ1v) is 7.42. The molecule has 1 aromatic heterocycles. The first-order valence-electron chi connectivity index (χ1n) is 5.16. The van der Waals surface area contributed by atoms with Crippen LogP contribution in [0.25, 0.3) is 5.69 Å². The van der Waals surface area contributed by atoms with Crippen LogP contribution >= 0.6 is 69.6 Å². The fourth-order valence-electron chi connectivity index (χ4n) is 1.71. The van der Waals surface area contributed by atoms with Crippen LogP contribution in [-0.4, -0.2) is 9.36 Å². The molecule has 9 heteroatoms. The molecule has 1 aromatic carbocycles. The number of rotatable bonds is 1. The van der Waals surface area contributed by atoms with Gasteiger partial charge in [-0.2, -0.15) is 0 Å². The van der Waals surface area contributed by atoms with Crippen LogP contribution in [0.15, 0.2) is 4.79 Å². The number of nitrogens with zero attached hydrogens (tertiary/aromatic N) is 2. The summed E-state index contributed by atoms with van der Waals surface area (Å²) in [7, 11) is 1.63. The molecule has 0 fully saturated rings. The molecule has 108 valence electrons. The maximum atomic E-state index is 12.2. The number of hydrogen-bond donors (Lipinski definition) is 0. The third-order valence-corrected chi connectivity index (χ3v) is 5.57. The van der Waals surface area contributed by atoms with Gasteiger partial charge in [-0.05, 0) is 6.92 Å². The summed E-state index contributed by atoms with van der Waals surface area (Å²) in [6.07, 6.45) is 0. The van der Waals surface area contributed by atoms with E-state index in [1.807, 2.05) is 0 Å². The highest BCUT2D eigenvalue weighted by Crippen LogP contribution is 2.45. The van der Waals surface area contributed by atoms with Crippen molar-refractivity contribution in [1.29, 1.82) is 0 Å². The van der Waals surface area contributed by atoms with E-state index in [2.05, 4.69) is 0 Å². The Bertz CT molecular complexity index is 747. The largest absolute Gasteiger partial charge is 0.290 e. The van der Waals surface area contributed by atoms with Crippen LogP contribution in [0.2, 0.25) is 30.1 Å². The van der Waals surface area contributed by atoms with Gasteiger partial charge in [-0.25, -0.2) is 4.68 Å². The van der Waals surface area contributed by atoms with Crippen molar-refractivity contribution in [3.05, 3.63) is 46.2 Å². The lowest BCUT2D eigenvalue weighted by Crippen LogP contribution is -2.20. The lowest BCUT2D eigenvalue weighted by Gasteiger charge is -2.15. The molecule has 0 N–H and O–H groups in total. The minimum Gasteiger partial charge on any atom is -0.284 e. The molecule has 0 saturated heterocycles. The van der Waals surface area contributed by atoms with Gasteiger partial charge in [-0.3, -0.25) is 9.48 Å². The highest BCUT2D eigenvalue weighted by atomic mass is 35.5. The van der Waals surface area contributed by atoms with Crippen molar-refractivity contribution in [2.75, 3.05) is 0 Å². The monoisotopic (exact) mass is 392 g/mol. The first kappa shape index (κ1) is 16.3. The van der Waals surface area contributed by atoms with Crippen molar-refractivity contribution in [1.82, 2.24) is 9.36 Å². The molecule has 0 bridgehead atoms. The average Bonchev–Trinajstić information content (AvgIpc) is 2.61. The molecule has 1 heterocycles. The molecular formula is C11H6Cl6N2O. The second-order valence-corrected chi connectivity index (χ2v) is 6.23. The second-order valence-electron chi connectivity index (χ2n) is 3.96. The molecule has 0 amide bonds. The molecular weight excluding hydrogens is 389 g/mol. The third kappa shape index (κ3) is 2.25. The fourth-order valence-corrected chi connectivity index (χ4v) is 3.20. The molecule has 0 unspecified atom stereocenters. The summed E-state index contributed by atoms with van der Waals surface area (Å²) in [6, 6.07) is 0. The zero-order valence-corrected chi connectivity index (χ0v) is 14.6. The topological polar surface area (TPSA) is 26.9 Å². The van der Waals surface area contributed by atoms with Gasteiger partial charge in [0.1, 0.15) is 10.7 Å². The third-order valence-electron chi connectivity index (χ3n) is 2.88. The summed E-state index contributed by atoms with van der Waals surface area (Å²) in [4.78, 5) is 12.2. The maximum Gasteiger partial charge on any atom is 0.290 e. The number of hydrogen-bond acceptors (Lipinski definition) is 1. The summed E-state index contributed by atoms with van der Waals surface area (Å²) >= 11 is 36.1. The molecule has 0 aliphatic carbocycles. The van der Waals surface area contributed by atoms with Crippen LogP contribution in [0.4, 0.5) is 0 Å². The van der Waals surface area contributed by atoms with Crippen molar-refractivity contribution in [3.8, 4) is 5.69 Å². The van der Waals surface area contributed by atoms with Gasteiger partial charge >= 0.3 is 0 Å². The van der Waals surface area contributed by atoms with Crippen molar-refractivity contribution in [2.24, 2.45) is 7.05 Å². The predicted molar refractivity (Wildman–Crippen MR) is 85.8 cm³/mol. The normalized spacial score (nSPS) is 11.2. The molecule has 0 saturated carbocycles. The molecule has 2 rings (SSSR count). The molecule has 20 heavy (non-hydrogen) atoms. The van der Waals surface area contributed by atoms with E-state index in [0.717, 1.165) is 0 Å². The highest BCUT2D eigenvalue weighted by Gasteiger charge is 2.24. The van der Waals surface area contributed by atoms with Gasteiger partial charge in [-0.15, -0.1) is 0 Å². The first-order chi connectivity index (χ1) is 9.20.